The monoisotopic (exact) mass is 195 g/mol. The molecule has 0 aliphatic heterocycles. The van der Waals surface area contributed by atoms with Gasteiger partial charge in [-0.15, -0.1) is 0 Å². The maximum Gasteiger partial charge on any atom is 0.117 e. The molecule has 1 aromatic rings. The first-order valence-electron chi connectivity index (χ1n) is 5.09. The lowest BCUT2D eigenvalue weighted by Gasteiger charge is -2.13. The summed E-state index contributed by atoms with van der Waals surface area (Å²) >= 11 is 0. The average Bonchev–Trinajstić information content (AvgIpc) is 2.16. The molecule has 2 heteroatoms. The van der Waals surface area contributed by atoms with Crippen LogP contribution in [0.4, 0.5) is 10.1 Å². The van der Waals surface area contributed by atoms with E-state index in [0.717, 1.165) is 5.69 Å². The number of aryl methyl sites for hydroxylation is 2. The molecule has 1 atom stereocenters. The number of hydrogen-bond acceptors (Lipinski definition) is 1. The van der Waals surface area contributed by atoms with Crippen LogP contribution in [0, 0.1) is 13.8 Å². The van der Waals surface area contributed by atoms with Gasteiger partial charge in [0, 0.05) is 12.2 Å². The van der Waals surface area contributed by atoms with E-state index >= 15 is 0 Å². The molecule has 0 heterocycles. The van der Waals surface area contributed by atoms with Crippen molar-refractivity contribution in [3.05, 3.63) is 29.3 Å². The lowest BCUT2D eigenvalue weighted by atomic mass is 10.1. The molecule has 0 aliphatic carbocycles. The Hall–Kier alpha value is -1.05. The zero-order chi connectivity index (χ0) is 10.6. The van der Waals surface area contributed by atoms with Gasteiger partial charge in [0.2, 0.25) is 0 Å². The fourth-order valence-electron chi connectivity index (χ4n) is 1.45. The average molecular weight is 195 g/mol. The van der Waals surface area contributed by atoms with Gasteiger partial charge in [-0.05, 0) is 31.4 Å². The van der Waals surface area contributed by atoms with E-state index in [0.29, 0.717) is 13.0 Å². The van der Waals surface area contributed by atoms with Gasteiger partial charge in [-0.1, -0.05) is 25.1 Å². The molecule has 0 fully saturated rings. The Morgan fingerprint density at radius 2 is 1.86 bits per heavy atom. The standard InChI is InChI=1S/C12H18FN/c1-4-11(13)8-14-12-9(2)6-5-7-10(12)3/h5-7,11,14H,4,8H2,1-3H3. The Morgan fingerprint density at radius 1 is 1.29 bits per heavy atom. The van der Waals surface area contributed by atoms with Crippen molar-refractivity contribution in [1.29, 1.82) is 0 Å². The topological polar surface area (TPSA) is 12.0 Å². The highest BCUT2D eigenvalue weighted by molar-refractivity contribution is 5.56. The summed E-state index contributed by atoms with van der Waals surface area (Å²) in [5.74, 6) is 0. The lowest BCUT2D eigenvalue weighted by molar-refractivity contribution is 0.340. The quantitative estimate of drug-likeness (QED) is 0.775. The third kappa shape index (κ3) is 2.72. The Bertz CT molecular complexity index is 276. The molecule has 0 spiro atoms. The van der Waals surface area contributed by atoms with Crippen LogP contribution in [-0.4, -0.2) is 12.7 Å². The molecule has 78 valence electrons. The Kier molecular flexibility index (Phi) is 3.93. The molecule has 0 saturated carbocycles. The second-order valence-corrected chi connectivity index (χ2v) is 3.65. The van der Waals surface area contributed by atoms with E-state index in [4.69, 9.17) is 0 Å². The summed E-state index contributed by atoms with van der Waals surface area (Å²) < 4.78 is 13.0. The van der Waals surface area contributed by atoms with Crippen LogP contribution in [0.1, 0.15) is 24.5 Å². The van der Waals surface area contributed by atoms with Gasteiger partial charge in [-0.25, -0.2) is 4.39 Å². The highest BCUT2D eigenvalue weighted by Crippen LogP contribution is 2.19. The molecule has 0 aliphatic rings. The summed E-state index contributed by atoms with van der Waals surface area (Å²) in [6.07, 6.45) is -0.188. The highest BCUT2D eigenvalue weighted by Gasteiger charge is 2.05. The van der Waals surface area contributed by atoms with Crippen LogP contribution in [0.25, 0.3) is 0 Å². The summed E-state index contributed by atoms with van der Waals surface area (Å²) in [5.41, 5.74) is 3.42. The van der Waals surface area contributed by atoms with E-state index < -0.39 is 6.17 Å². The molecule has 0 radical (unpaired) electrons. The third-order valence-electron chi connectivity index (χ3n) is 2.42. The van der Waals surface area contributed by atoms with Crippen molar-refractivity contribution >= 4 is 5.69 Å². The summed E-state index contributed by atoms with van der Waals surface area (Å²) in [4.78, 5) is 0. The zero-order valence-corrected chi connectivity index (χ0v) is 9.10. The molecule has 0 aromatic heterocycles. The van der Waals surface area contributed by atoms with Crippen molar-refractivity contribution in [2.45, 2.75) is 33.4 Å². The first-order chi connectivity index (χ1) is 6.65. The van der Waals surface area contributed by atoms with Gasteiger partial charge in [-0.3, -0.25) is 0 Å². The predicted octanol–water partition coefficient (Wildman–Crippen LogP) is 3.46. The Balaban J connectivity index is 2.66. The third-order valence-corrected chi connectivity index (χ3v) is 2.42. The van der Waals surface area contributed by atoms with Crippen LogP contribution < -0.4 is 5.32 Å². The SMILES string of the molecule is CCC(F)CNc1c(C)cccc1C. The van der Waals surface area contributed by atoms with Crippen molar-refractivity contribution in [3.63, 3.8) is 0 Å². The first kappa shape index (κ1) is 11.0. The molecule has 0 bridgehead atoms. The van der Waals surface area contributed by atoms with Crippen LogP contribution in [0.5, 0.6) is 0 Å². The van der Waals surface area contributed by atoms with E-state index in [1.54, 1.807) is 0 Å². The summed E-state index contributed by atoms with van der Waals surface area (Å²) in [6.45, 7) is 6.34. The predicted molar refractivity (Wildman–Crippen MR) is 59.6 cm³/mol. The molecular weight excluding hydrogens is 177 g/mol. The highest BCUT2D eigenvalue weighted by atomic mass is 19.1. The molecule has 1 aromatic carbocycles. The number of halogens is 1. The second kappa shape index (κ2) is 4.99. The van der Waals surface area contributed by atoms with Gasteiger partial charge < -0.3 is 5.32 Å². The minimum absolute atomic E-state index is 0.405. The van der Waals surface area contributed by atoms with E-state index in [-0.39, 0.29) is 0 Å². The molecule has 1 rings (SSSR count). The fraction of sp³-hybridized carbons (Fsp3) is 0.500. The van der Waals surface area contributed by atoms with Gasteiger partial charge in [0.1, 0.15) is 6.17 Å². The van der Waals surface area contributed by atoms with Gasteiger partial charge in [0.15, 0.2) is 0 Å². The molecule has 1 unspecified atom stereocenters. The second-order valence-electron chi connectivity index (χ2n) is 3.65. The molecule has 0 saturated heterocycles. The van der Waals surface area contributed by atoms with Crippen molar-refractivity contribution < 1.29 is 4.39 Å². The number of alkyl halides is 1. The van der Waals surface area contributed by atoms with Crippen molar-refractivity contribution in [2.24, 2.45) is 0 Å². The zero-order valence-electron chi connectivity index (χ0n) is 9.10. The minimum atomic E-state index is -0.756. The van der Waals surface area contributed by atoms with Crippen molar-refractivity contribution in [1.82, 2.24) is 0 Å². The fourth-order valence-corrected chi connectivity index (χ4v) is 1.45. The van der Waals surface area contributed by atoms with Crippen molar-refractivity contribution in [2.75, 3.05) is 11.9 Å². The number of hydrogen-bond donors (Lipinski definition) is 1. The van der Waals surface area contributed by atoms with Crippen LogP contribution in [-0.2, 0) is 0 Å². The van der Waals surface area contributed by atoms with E-state index in [1.807, 2.05) is 39.0 Å². The normalized spacial score (nSPS) is 12.6. The van der Waals surface area contributed by atoms with Gasteiger partial charge >= 0.3 is 0 Å². The molecule has 1 nitrogen and oxygen atoms in total. The van der Waals surface area contributed by atoms with E-state index in [2.05, 4.69) is 5.32 Å². The molecule has 0 amide bonds. The Morgan fingerprint density at radius 3 is 2.36 bits per heavy atom. The first-order valence-corrected chi connectivity index (χ1v) is 5.09. The number of anilines is 1. The van der Waals surface area contributed by atoms with Gasteiger partial charge in [-0.2, -0.15) is 0 Å². The summed E-state index contributed by atoms with van der Waals surface area (Å²) in [7, 11) is 0. The van der Waals surface area contributed by atoms with Gasteiger partial charge in [0.05, 0.1) is 0 Å². The number of nitrogens with one attached hydrogen (secondary N) is 1. The lowest BCUT2D eigenvalue weighted by Crippen LogP contribution is -2.15. The van der Waals surface area contributed by atoms with Gasteiger partial charge in [0.25, 0.3) is 0 Å². The minimum Gasteiger partial charge on any atom is -0.382 e. The maximum atomic E-state index is 13.0. The van der Waals surface area contributed by atoms with Crippen LogP contribution in [0.15, 0.2) is 18.2 Å². The largest absolute Gasteiger partial charge is 0.382 e. The van der Waals surface area contributed by atoms with Crippen LogP contribution in [0.3, 0.4) is 0 Å². The molecule has 14 heavy (non-hydrogen) atoms. The molecule has 1 N–H and O–H groups in total. The maximum absolute atomic E-state index is 13.0. The smallest absolute Gasteiger partial charge is 0.117 e. The number of rotatable bonds is 4. The number of para-hydroxylation sites is 1. The van der Waals surface area contributed by atoms with E-state index in [1.165, 1.54) is 11.1 Å². The molecular formula is C12H18FN. The van der Waals surface area contributed by atoms with Crippen LogP contribution >= 0.6 is 0 Å². The Labute approximate surface area is 85.3 Å². The van der Waals surface area contributed by atoms with Crippen LogP contribution in [0.2, 0.25) is 0 Å². The van der Waals surface area contributed by atoms with Crippen molar-refractivity contribution in [3.8, 4) is 0 Å². The number of benzene rings is 1. The van der Waals surface area contributed by atoms with E-state index in [9.17, 15) is 4.39 Å². The summed E-state index contributed by atoms with van der Waals surface area (Å²) in [5, 5.41) is 3.16. The summed E-state index contributed by atoms with van der Waals surface area (Å²) in [6, 6.07) is 6.09.